The van der Waals surface area contributed by atoms with E-state index < -0.39 is 12.0 Å². The van der Waals surface area contributed by atoms with Crippen molar-refractivity contribution in [1.29, 1.82) is 0 Å². The lowest BCUT2D eigenvalue weighted by Gasteiger charge is -2.49. The van der Waals surface area contributed by atoms with E-state index in [9.17, 15) is 18.0 Å². The molecule has 2 unspecified atom stereocenters. The van der Waals surface area contributed by atoms with Gasteiger partial charge in [-0.15, -0.1) is 0 Å². The van der Waals surface area contributed by atoms with Crippen molar-refractivity contribution in [3.05, 3.63) is 5.82 Å². The molecule has 0 spiro atoms. The van der Waals surface area contributed by atoms with Crippen LogP contribution in [-0.2, 0) is 15.7 Å². The third-order valence-corrected chi connectivity index (χ3v) is 7.48. The zero-order valence-corrected chi connectivity index (χ0v) is 17.7. The number of rotatable bonds is 5. The maximum Gasteiger partial charge on any atom is 0.455 e. The number of carbonyl (C=O) groups is 1. The highest BCUT2D eigenvalue weighted by Gasteiger charge is 2.61. The largest absolute Gasteiger partial charge is 0.455 e. The van der Waals surface area contributed by atoms with Gasteiger partial charge in [0.25, 0.3) is 5.82 Å². The van der Waals surface area contributed by atoms with Crippen LogP contribution in [-0.4, -0.2) is 83.4 Å². The summed E-state index contributed by atoms with van der Waals surface area (Å²) in [6.45, 7) is 8.24. The monoisotopic (exact) mass is 443 g/mol. The lowest BCUT2D eigenvalue weighted by atomic mass is 9.89. The number of ether oxygens (including phenoxy) is 1. The van der Waals surface area contributed by atoms with Gasteiger partial charge in [0.15, 0.2) is 0 Å². The van der Waals surface area contributed by atoms with Crippen LogP contribution in [0.1, 0.15) is 32.5 Å². The highest BCUT2D eigenvalue weighted by Crippen LogP contribution is 2.54. The molecule has 1 aliphatic carbocycles. The smallest absolute Gasteiger partial charge is 0.377 e. The summed E-state index contributed by atoms with van der Waals surface area (Å²) in [6.07, 6.45) is -3.08. The highest BCUT2D eigenvalue weighted by atomic mass is 19.4. The molecule has 4 fully saturated rings. The van der Waals surface area contributed by atoms with Gasteiger partial charge in [-0.2, -0.15) is 18.2 Å². The molecule has 2 bridgehead atoms. The van der Waals surface area contributed by atoms with Crippen molar-refractivity contribution < 1.29 is 27.2 Å². The molecule has 3 aliphatic heterocycles. The summed E-state index contributed by atoms with van der Waals surface area (Å²) in [4.78, 5) is 22.5. The third-order valence-electron chi connectivity index (χ3n) is 7.48. The molecule has 4 heterocycles. The second-order valence-electron chi connectivity index (χ2n) is 9.09. The highest BCUT2D eigenvalue weighted by molar-refractivity contribution is 5.82. The number of halogens is 3. The van der Waals surface area contributed by atoms with E-state index in [0.717, 1.165) is 39.0 Å². The molecule has 0 radical (unpaired) electrons. The van der Waals surface area contributed by atoms with Crippen LogP contribution in [0.25, 0.3) is 0 Å². The van der Waals surface area contributed by atoms with E-state index in [-0.39, 0.29) is 29.9 Å². The second-order valence-corrected chi connectivity index (χ2v) is 9.09. The van der Waals surface area contributed by atoms with Crippen molar-refractivity contribution in [1.82, 2.24) is 19.9 Å². The summed E-state index contributed by atoms with van der Waals surface area (Å²) >= 11 is 0. The average molecular weight is 443 g/mol. The number of carbonyl (C=O) groups excluding carboxylic acids is 1. The molecular weight excluding hydrogens is 415 g/mol. The van der Waals surface area contributed by atoms with Crippen LogP contribution in [0.2, 0.25) is 0 Å². The predicted molar refractivity (Wildman–Crippen MR) is 103 cm³/mol. The number of aromatic nitrogens is 2. The van der Waals surface area contributed by atoms with Crippen LogP contribution >= 0.6 is 0 Å². The minimum atomic E-state index is -4.62. The number of piperidine rings is 2. The average Bonchev–Trinajstić information content (AvgIpc) is 3.09. The van der Waals surface area contributed by atoms with Crippen molar-refractivity contribution in [2.24, 2.45) is 17.8 Å². The summed E-state index contributed by atoms with van der Waals surface area (Å²) < 4.78 is 49.3. The normalized spacial score (nSPS) is 35.2. The lowest BCUT2D eigenvalue weighted by Crippen LogP contribution is -2.61. The topological polar surface area (TPSA) is 74.9 Å². The van der Waals surface area contributed by atoms with E-state index in [4.69, 9.17) is 9.26 Å². The molecule has 1 aromatic heterocycles. The molecule has 31 heavy (non-hydrogen) atoms. The molecule has 8 nitrogen and oxygen atoms in total. The van der Waals surface area contributed by atoms with Gasteiger partial charge in [-0.05, 0) is 43.7 Å². The van der Waals surface area contributed by atoms with Gasteiger partial charge in [0.2, 0.25) is 5.91 Å². The Kier molecular flexibility index (Phi) is 5.16. The maximum absolute atomic E-state index is 12.9. The number of anilines is 1. The van der Waals surface area contributed by atoms with Crippen LogP contribution in [0.3, 0.4) is 0 Å². The Morgan fingerprint density at radius 2 is 1.71 bits per heavy atom. The van der Waals surface area contributed by atoms with Gasteiger partial charge in [-0.25, -0.2) is 0 Å². The number of fused-ring (bicyclic) bond motifs is 3. The van der Waals surface area contributed by atoms with Crippen molar-refractivity contribution in [3.63, 3.8) is 0 Å². The SMILES string of the molecule is CCN(CC)C(=O)[C@H]1[C@@H]2CN(C3CC4COCC(C3)N4c3nc(C(F)(F)F)no3)C[C@@H]21. The molecule has 1 amide bonds. The molecule has 0 aromatic carbocycles. The van der Waals surface area contributed by atoms with Gasteiger partial charge >= 0.3 is 12.2 Å². The standard InChI is InChI=1S/C20H28F3N5O3/c1-3-26(4-2)17(29)16-14-7-27(8-15(14)16)11-5-12-9-30-10-13(6-11)28(12)19-24-18(25-31-19)20(21,22)23/h11-16H,3-10H2,1-2H3/t11?,12?,13?,14-,15+,16+. The Hall–Kier alpha value is -1.88. The van der Waals surface area contributed by atoms with Crippen LogP contribution in [0.5, 0.6) is 0 Å². The first kappa shape index (κ1) is 21.0. The molecule has 3 saturated heterocycles. The molecule has 0 N–H and O–H groups in total. The van der Waals surface area contributed by atoms with Gasteiger partial charge in [0.1, 0.15) is 0 Å². The number of hydrogen-bond donors (Lipinski definition) is 0. The quantitative estimate of drug-likeness (QED) is 0.688. The number of likely N-dealkylation sites (tertiary alicyclic amines) is 1. The fraction of sp³-hybridized carbons (Fsp3) is 0.850. The molecule has 5 atom stereocenters. The zero-order chi connectivity index (χ0) is 21.9. The minimum Gasteiger partial charge on any atom is -0.377 e. The van der Waals surface area contributed by atoms with E-state index in [0.29, 0.717) is 31.1 Å². The molecular formula is C20H28F3N5O3. The fourth-order valence-corrected chi connectivity index (χ4v) is 5.90. The Morgan fingerprint density at radius 1 is 1.10 bits per heavy atom. The molecule has 1 saturated carbocycles. The molecule has 11 heteroatoms. The van der Waals surface area contributed by atoms with E-state index >= 15 is 0 Å². The van der Waals surface area contributed by atoms with Gasteiger partial charge in [0.05, 0.1) is 25.3 Å². The number of hydrogen-bond acceptors (Lipinski definition) is 7. The number of amides is 1. The van der Waals surface area contributed by atoms with Gasteiger partial charge < -0.3 is 19.1 Å². The Labute approximate surface area is 178 Å². The molecule has 5 rings (SSSR count). The first-order chi connectivity index (χ1) is 14.8. The van der Waals surface area contributed by atoms with Crippen molar-refractivity contribution in [3.8, 4) is 0 Å². The van der Waals surface area contributed by atoms with Crippen molar-refractivity contribution >= 4 is 11.9 Å². The van der Waals surface area contributed by atoms with Crippen LogP contribution in [0, 0.1) is 17.8 Å². The minimum absolute atomic E-state index is 0.0711. The fourth-order valence-electron chi connectivity index (χ4n) is 5.90. The predicted octanol–water partition coefficient (Wildman–Crippen LogP) is 1.87. The number of alkyl halides is 3. The van der Waals surface area contributed by atoms with E-state index in [1.54, 1.807) is 0 Å². The summed E-state index contributed by atoms with van der Waals surface area (Å²) in [5.41, 5.74) is 0. The van der Waals surface area contributed by atoms with E-state index in [1.807, 2.05) is 23.6 Å². The van der Waals surface area contributed by atoms with Gasteiger partial charge in [-0.3, -0.25) is 9.69 Å². The summed E-state index contributed by atoms with van der Waals surface area (Å²) in [5.74, 6) is 0.0852. The number of nitrogens with zero attached hydrogens (tertiary/aromatic N) is 5. The Balaban J connectivity index is 1.23. The third kappa shape index (κ3) is 3.59. The first-order valence-electron chi connectivity index (χ1n) is 11.1. The van der Waals surface area contributed by atoms with Crippen molar-refractivity contribution in [2.75, 3.05) is 44.3 Å². The van der Waals surface area contributed by atoms with Gasteiger partial charge in [-0.1, -0.05) is 0 Å². The zero-order valence-electron chi connectivity index (χ0n) is 17.7. The summed E-state index contributed by atoms with van der Waals surface area (Å²) in [5, 5.41) is 3.12. The molecule has 172 valence electrons. The maximum atomic E-state index is 12.9. The van der Waals surface area contributed by atoms with Crippen LogP contribution in [0.4, 0.5) is 19.2 Å². The second kappa shape index (κ2) is 7.61. The Morgan fingerprint density at radius 3 is 2.23 bits per heavy atom. The van der Waals surface area contributed by atoms with Crippen LogP contribution < -0.4 is 4.90 Å². The van der Waals surface area contributed by atoms with Crippen molar-refractivity contribution in [2.45, 2.75) is 51.0 Å². The van der Waals surface area contributed by atoms with Crippen LogP contribution in [0.15, 0.2) is 4.52 Å². The van der Waals surface area contributed by atoms with E-state index in [2.05, 4.69) is 15.0 Å². The summed E-state index contributed by atoms with van der Waals surface area (Å²) in [7, 11) is 0. The molecule has 4 aliphatic rings. The lowest BCUT2D eigenvalue weighted by molar-refractivity contribution is -0.146. The van der Waals surface area contributed by atoms with Gasteiger partial charge in [0, 0.05) is 38.1 Å². The first-order valence-corrected chi connectivity index (χ1v) is 11.1. The Bertz CT molecular complexity index is 803. The summed E-state index contributed by atoms with van der Waals surface area (Å²) in [6, 6.07) is 0.0727. The molecule has 1 aromatic rings. The van der Waals surface area contributed by atoms with E-state index in [1.165, 1.54) is 0 Å². The number of morpholine rings is 1.